The number of rotatable bonds is 5. The number of hydrogen-bond acceptors (Lipinski definition) is 3. The Balaban J connectivity index is 1.62. The Morgan fingerprint density at radius 1 is 1.45 bits per heavy atom. The van der Waals surface area contributed by atoms with E-state index in [1.165, 1.54) is 4.90 Å². The Morgan fingerprint density at radius 2 is 2.20 bits per heavy atom. The second kappa shape index (κ2) is 6.27. The minimum Gasteiger partial charge on any atom is -0.492 e. The molecule has 6 heteroatoms. The molecule has 1 fully saturated rings. The molecule has 1 heterocycles. The average Bonchev–Trinajstić information content (AvgIpc) is 2.32. The summed E-state index contributed by atoms with van der Waals surface area (Å²) in [4.78, 5) is 23.7. The molecule has 1 aromatic carbocycles. The summed E-state index contributed by atoms with van der Waals surface area (Å²) in [6.45, 7) is 3.31. The number of amides is 2. The number of carbonyl (C=O) groups is 2. The minimum atomic E-state index is -0.850. The number of benzene rings is 1. The Morgan fingerprint density at radius 3 is 2.85 bits per heavy atom. The Hall–Kier alpha value is -2.24. The third kappa shape index (κ3) is 3.63. The lowest BCUT2D eigenvalue weighted by molar-refractivity contribution is -0.146. The van der Waals surface area contributed by atoms with Crippen LogP contribution >= 0.6 is 0 Å². The first-order chi connectivity index (χ1) is 9.56. The lowest BCUT2D eigenvalue weighted by Gasteiger charge is -2.36. The van der Waals surface area contributed by atoms with E-state index >= 15 is 0 Å². The predicted octanol–water partition coefficient (Wildman–Crippen LogP) is 1.10. The van der Waals surface area contributed by atoms with Crippen molar-refractivity contribution in [3.05, 3.63) is 29.8 Å². The zero-order chi connectivity index (χ0) is 14.5. The first-order valence-electron chi connectivity index (χ1n) is 6.51. The van der Waals surface area contributed by atoms with Gasteiger partial charge in [-0.25, -0.2) is 4.79 Å². The maximum Gasteiger partial charge on any atom is 0.317 e. The van der Waals surface area contributed by atoms with E-state index < -0.39 is 11.9 Å². The Bertz CT molecular complexity index is 498. The van der Waals surface area contributed by atoms with Gasteiger partial charge in [0.05, 0.1) is 12.5 Å². The summed E-state index contributed by atoms with van der Waals surface area (Å²) in [6.07, 6.45) is 0. The molecular weight excluding hydrogens is 260 g/mol. The molecule has 2 N–H and O–H groups in total. The normalized spacial score (nSPS) is 14.6. The predicted molar refractivity (Wildman–Crippen MR) is 72.8 cm³/mol. The van der Waals surface area contributed by atoms with Crippen LogP contribution in [-0.2, 0) is 4.79 Å². The zero-order valence-corrected chi connectivity index (χ0v) is 11.3. The maximum absolute atomic E-state index is 11.6. The highest BCUT2D eigenvalue weighted by atomic mass is 16.5. The molecule has 1 aromatic rings. The fourth-order valence-corrected chi connectivity index (χ4v) is 1.94. The molecule has 1 aliphatic heterocycles. The van der Waals surface area contributed by atoms with Gasteiger partial charge >= 0.3 is 12.0 Å². The summed E-state index contributed by atoms with van der Waals surface area (Å²) in [5.74, 6) is -0.504. The Labute approximate surface area is 117 Å². The van der Waals surface area contributed by atoms with Crippen molar-refractivity contribution >= 4 is 12.0 Å². The van der Waals surface area contributed by atoms with Gasteiger partial charge in [0.15, 0.2) is 0 Å². The van der Waals surface area contributed by atoms with Crippen LogP contribution in [0.1, 0.15) is 5.56 Å². The van der Waals surface area contributed by atoms with Crippen LogP contribution in [-0.4, -0.2) is 48.2 Å². The number of nitrogens with one attached hydrogen (secondary N) is 1. The summed E-state index contributed by atoms with van der Waals surface area (Å²) in [6, 6.07) is 7.44. The molecule has 2 rings (SSSR count). The number of aryl methyl sites for hydroxylation is 1. The number of ether oxygens (including phenoxy) is 1. The number of carboxylic acid groups (broad SMARTS) is 1. The summed E-state index contributed by atoms with van der Waals surface area (Å²) in [5.41, 5.74) is 1.12. The number of carboxylic acids is 1. The van der Waals surface area contributed by atoms with Gasteiger partial charge in [-0.3, -0.25) is 4.79 Å². The lowest BCUT2D eigenvalue weighted by atomic mass is 10.0. The van der Waals surface area contributed by atoms with E-state index in [4.69, 9.17) is 9.84 Å². The van der Waals surface area contributed by atoms with E-state index in [1.807, 2.05) is 31.2 Å². The van der Waals surface area contributed by atoms with Gasteiger partial charge in [0.2, 0.25) is 0 Å². The standard InChI is InChI=1S/C14H18N2O4/c1-10-3-2-4-12(7-10)20-6-5-15-14(19)16-8-11(9-16)13(17)18/h2-4,7,11H,5-6,8-9H2,1H3,(H,15,19)(H,17,18). The molecule has 1 aliphatic rings. The van der Waals surface area contributed by atoms with Crippen LogP contribution in [0.4, 0.5) is 4.79 Å². The number of carbonyl (C=O) groups excluding carboxylic acids is 1. The Kier molecular flexibility index (Phi) is 4.45. The van der Waals surface area contributed by atoms with Crippen LogP contribution in [0.15, 0.2) is 24.3 Å². The average molecular weight is 278 g/mol. The van der Waals surface area contributed by atoms with Crippen molar-refractivity contribution in [3.63, 3.8) is 0 Å². The summed E-state index contributed by atoms with van der Waals surface area (Å²) in [7, 11) is 0. The first-order valence-corrected chi connectivity index (χ1v) is 6.51. The van der Waals surface area contributed by atoms with Crippen molar-refractivity contribution in [1.82, 2.24) is 10.2 Å². The molecule has 6 nitrogen and oxygen atoms in total. The molecule has 108 valence electrons. The minimum absolute atomic E-state index is 0.240. The highest BCUT2D eigenvalue weighted by Crippen LogP contribution is 2.15. The van der Waals surface area contributed by atoms with Crippen LogP contribution in [0.3, 0.4) is 0 Å². The van der Waals surface area contributed by atoms with E-state index in [9.17, 15) is 9.59 Å². The van der Waals surface area contributed by atoms with Crippen molar-refractivity contribution in [2.24, 2.45) is 5.92 Å². The monoisotopic (exact) mass is 278 g/mol. The smallest absolute Gasteiger partial charge is 0.317 e. The largest absolute Gasteiger partial charge is 0.492 e. The fraction of sp³-hybridized carbons (Fsp3) is 0.429. The van der Waals surface area contributed by atoms with Gasteiger partial charge in [-0.2, -0.15) is 0 Å². The van der Waals surface area contributed by atoms with Crippen molar-refractivity contribution in [2.75, 3.05) is 26.2 Å². The van der Waals surface area contributed by atoms with Gasteiger partial charge in [0.1, 0.15) is 12.4 Å². The molecular formula is C14H18N2O4. The number of aliphatic carboxylic acids is 1. The molecule has 0 aliphatic carbocycles. The van der Waals surface area contributed by atoms with Crippen LogP contribution in [0.25, 0.3) is 0 Å². The molecule has 1 saturated heterocycles. The van der Waals surface area contributed by atoms with E-state index in [0.717, 1.165) is 11.3 Å². The third-order valence-electron chi connectivity index (χ3n) is 3.15. The van der Waals surface area contributed by atoms with Gasteiger partial charge < -0.3 is 20.1 Å². The quantitative estimate of drug-likeness (QED) is 0.791. The van der Waals surface area contributed by atoms with Crippen molar-refractivity contribution < 1.29 is 19.4 Å². The summed E-state index contributed by atoms with van der Waals surface area (Å²) in [5, 5.41) is 11.4. The van der Waals surface area contributed by atoms with E-state index in [2.05, 4.69) is 5.32 Å². The summed E-state index contributed by atoms with van der Waals surface area (Å²) < 4.78 is 5.50. The second-order valence-electron chi connectivity index (χ2n) is 4.84. The molecule has 2 amide bonds. The van der Waals surface area contributed by atoms with Crippen LogP contribution in [0.5, 0.6) is 5.75 Å². The van der Waals surface area contributed by atoms with Crippen LogP contribution < -0.4 is 10.1 Å². The fourth-order valence-electron chi connectivity index (χ4n) is 1.94. The zero-order valence-electron chi connectivity index (χ0n) is 11.3. The highest BCUT2D eigenvalue weighted by Gasteiger charge is 2.35. The van der Waals surface area contributed by atoms with Gasteiger partial charge in [-0.05, 0) is 24.6 Å². The van der Waals surface area contributed by atoms with Crippen molar-refractivity contribution in [3.8, 4) is 5.75 Å². The number of likely N-dealkylation sites (tertiary alicyclic amines) is 1. The molecule has 20 heavy (non-hydrogen) atoms. The first kappa shape index (κ1) is 14.2. The lowest BCUT2D eigenvalue weighted by Crippen LogP contribution is -2.56. The van der Waals surface area contributed by atoms with E-state index in [0.29, 0.717) is 13.2 Å². The molecule has 0 spiro atoms. The molecule has 0 unspecified atom stereocenters. The maximum atomic E-state index is 11.6. The second-order valence-corrected chi connectivity index (χ2v) is 4.84. The van der Waals surface area contributed by atoms with Crippen molar-refractivity contribution in [2.45, 2.75) is 6.92 Å². The van der Waals surface area contributed by atoms with Gasteiger partial charge in [-0.15, -0.1) is 0 Å². The number of hydrogen-bond donors (Lipinski definition) is 2. The highest BCUT2D eigenvalue weighted by molar-refractivity contribution is 5.79. The molecule has 0 atom stereocenters. The van der Waals surface area contributed by atoms with Gasteiger partial charge in [0.25, 0.3) is 0 Å². The number of urea groups is 1. The molecule has 0 radical (unpaired) electrons. The van der Waals surface area contributed by atoms with Crippen molar-refractivity contribution in [1.29, 1.82) is 0 Å². The number of nitrogens with zero attached hydrogens (tertiary/aromatic N) is 1. The summed E-state index contributed by atoms with van der Waals surface area (Å²) >= 11 is 0. The van der Waals surface area contributed by atoms with Crippen LogP contribution in [0.2, 0.25) is 0 Å². The van der Waals surface area contributed by atoms with Gasteiger partial charge in [0, 0.05) is 13.1 Å². The molecule has 0 aromatic heterocycles. The van der Waals surface area contributed by atoms with Crippen LogP contribution in [0, 0.1) is 12.8 Å². The SMILES string of the molecule is Cc1cccc(OCCNC(=O)N2CC(C(=O)O)C2)c1. The molecule has 0 saturated carbocycles. The molecule has 0 bridgehead atoms. The van der Waals surface area contributed by atoms with E-state index in [-0.39, 0.29) is 19.1 Å². The topological polar surface area (TPSA) is 78.9 Å². The van der Waals surface area contributed by atoms with E-state index in [1.54, 1.807) is 0 Å². The van der Waals surface area contributed by atoms with Gasteiger partial charge in [-0.1, -0.05) is 12.1 Å². The third-order valence-corrected chi connectivity index (χ3v) is 3.15.